The van der Waals surface area contributed by atoms with Crippen molar-refractivity contribution in [3.8, 4) is 5.75 Å². The molecule has 0 spiro atoms. The summed E-state index contributed by atoms with van der Waals surface area (Å²) >= 11 is 0. The molecule has 1 N–H and O–H groups in total. The molecule has 0 bridgehead atoms. The van der Waals surface area contributed by atoms with Gasteiger partial charge in [0.25, 0.3) is 11.6 Å². The van der Waals surface area contributed by atoms with Crippen molar-refractivity contribution < 1.29 is 19.3 Å². The van der Waals surface area contributed by atoms with E-state index in [0.29, 0.717) is 23.6 Å². The minimum absolute atomic E-state index is 0.0483. The Hall–Kier alpha value is -4.20. The number of carbonyl (C=O) groups is 1. The van der Waals surface area contributed by atoms with Gasteiger partial charge in [-0.2, -0.15) is 0 Å². The largest absolute Gasteiger partial charge is 0.489 e. The van der Waals surface area contributed by atoms with E-state index in [4.69, 9.17) is 9.57 Å². The van der Waals surface area contributed by atoms with E-state index in [1.807, 2.05) is 30.3 Å². The molecule has 0 radical (unpaired) electrons. The van der Waals surface area contributed by atoms with Gasteiger partial charge < -0.3 is 14.9 Å². The van der Waals surface area contributed by atoms with Crippen LogP contribution in [-0.2, 0) is 16.2 Å². The summed E-state index contributed by atoms with van der Waals surface area (Å²) in [4.78, 5) is 27.1. The summed E-state index contributed by atoms with van der Waals surface area (Å²) in [6.07, 6.45) is 1.30. The van der Waals surface area contributed by atoms with Crippen LogP contribution in [-0.4, -0.2) is 23.7 Å². The zero-order valence-electron chi connectivity index (χ0n) is 15.9. The third-order valence-corrected chi connectivity index (χ3v) is 3.94. The molecule has 3 rings (SSSR count). The maximum Gasteiger partial charge on any atom is 0.270 e. The number of rotatable bonds is 9. The lowest BCUT2D eigenvalue weighted by atomic mass is 10.2. The number of ether oxygens (including phenoxy) is 1. The van der Waals surface area contributed by atoms with Gasteiger partial charge in [0.2, 0.25) is 0 Å². The zero-order chi connectivity index (χ0) is 21.2. The Labute approximate surface area is 172 Å². The zero-order valence-corrected chi connectivity index (χ0v) is 15.9. The quantitative estimate of drug-likeness (QED) is 0.327. The van der Waals surface area contributed by atoms with Gasteiger partial charge in [-0.05, 0) is 29.8 Å². The second-order valence-electron chi connectivity index (χ2n) is 6.21. The molecule has 152 valence electrons. The summed E-state index contributed by atoms with van der Waals surface area (Å²) in [7, 11) is 0. The SMILES string of the molecule is O=C(CO/N=C\c1cccc([N+](=O)[O-])c1)Nc1ccc(OCc2ccccc2)cc1. The van der Waals surface area contributed by atoms with Crippen molar-refractivity contribution in [1.29, 1.82) is 0 Å². The van der Waals surface area contributed by atoms with E-state index in [0.717, 1.165) is 5.56 Å². The Morgan fingerprint density at radius 2 is 1.80 bits per heavy atom. The van der Waals surface area contributed by atoms with E-state index in [2.05, 4.69) is 10.5 Å². The number of hydrogen-bond acceptors (Lipinski definition) is 6. The van der Waals surface area contributed by atoms with Crippen LogP contribution in [0.15, 0.2) is 84.0 Å². The van der Waals surface area contributed by atoms with Gasteiger partial charge in [0.1, 0.15) is 12.4 Å². The van der Waals surface area contributed by atoms with Gasteiger partial charge in [0.05, 0.1) is 11.1 Å². The van der Waals surface area contributed by atoms with Gasteiger partial charge in [0.15, 0.2) is 6.61 Å². The van der Waals surface area contributed by atoms with Crippen molar-refractivity contribution in [3.63, 3.8) is 0 Å². The van der Waals surface area contributed by atoms with Crippen molar-refractivity contribution >= 4 is 23.5 Å². The summed E-state index contributed by atoms with van der Waals surface area (Å²) in [5.74, 6) is 0.304. The van der Waals surface area contributed by atoms with Gasteiger partial charge in [-0.25, -0.2) is 0 Å². The van der Waals surface area contributed by atoms with E-state index in [1.165, 1.54) is 18.3 Å². The molecule has 0 saturated carbocycles. The number of carbonyl (C=O) groups excluding carboxylic acids is 1. The number of amides is 1. The van der Waals surface area contributed by atoms with Crippen molar-refractivity contribution in [1.82, 2.24) is 0 Å². The molecule has 8 nitrogen and oxygen atoms in total. The Bertz CT molecular complexity index is 1020. The number of nitro benzene ring substituents is 1. The first-order chi connectivity index (χ1) is 14.6. The summed E-state index contributed by atoms with van der Waals surface area (Å²) in [5, 5.41) is 17.1. The molecule has 0 fully saturated rings. The second kappa shape index (κ2) is 10.4. The maximum absolute atomic E-state index is 11.9. The fourth-order valence-corrected chi connectivity index (χ4v) is 2.49. The van der Waals surface area contributed by atoms with E-state index in [9.17, 15) is 14.9 Å². The summed E-state index contributed by atoms with van der Waals surface area (Å²) in [6, 6.07) is 22.7. The fraction of sp³-hybridized carbons (Fsp3) is 0.0909. The third-order valence-electron chi connectivity index (χ3n) is 3.94. The standard InChI is InChI=1S/C22H19N3O5/c26-22(16-30-23-14-18-7-4-8-20(13-18)25(27)28)24-19-9-11-21(12-10-19)29-15-17-5-2-1-3-6-17/h1-14H,15-16H2,(H,24,26)/b23-14-. The van der Waals surface area contributed by atoms with Gasteiger partial charge in [0, 0.05) is 23.4 Å². The molecule has 3 aromatic carbocycles. The third kappa shape index (κ3) is 6.45. The minimum atomic E-state index is -0.496. The fourth-order valence-electron chi connectivity index (χ4n) is 2.49. The number of oxime groups is 1. The Balaban J connectivity index is 1.42. The number of nitrogens with one attached hydrogen (secondary N) is 1. The first-order valence-corrected chi connectivity index (χ1v) is 9.06. The number of nitro groups is 1. The second-order valence-corrected chi connectivity index (χ2v) is 6.21. The number of nitrogens with zero attached hydrogens (tertiary/aromatic N) is 2. The number of benzene rings is 3. The average Bonchev–Trinajstić information content (AvgIpc) is 2.77. The van der Waals surface area contributed by atoms with Crippen molar-refractivity contribution in [2.24, 2.45) is 5.16 Å². The lowest BCUT2D eigenvalue weighted by Crippen LogP contribution is -2.16. The first kappa shape index (κ1) is 20.5. The van der Waals surface area contributed by atoms with Gasteiger partial charge in [-0.1, -0.05) is 47.6 Å². The van der Waals surface area contributed by atoms with Crippen LogP contribution in [0.1, 0.15) is 11.1 Å². The summed E-state index contributed by atoms with van der Waals surface area (Å²) < 4.78 is 5.70. The highest BCUT2D eigenvalue weighted by molar-refractivity contribution is 5.91. The molecule has 0 aliphatic carbocycles. The van der Waals surface area contributed by atoms with Gasteiger partial charge in [-0.3, -0.25) is 14.9 Å². The summed E-state index contributed by atoms with van der Waals surface area (Å²) in [5.41, 5.74) is 2.11. The van der Waals surface area contributed by atoms with E-state index >= 15 is 0 Å². The molecule has 8 heteroatoms. The Kier molecular flexibility index (Phi) is 7.10. The van der Waals surface area contributed by atoms with Crippen LogP contribution < -0.4 is 10.1 Å². The number of non-ortho nitro benzene ring substituents is 1. The lowest BCUT2D eigenvalue weighted by molar-refractivity contribution is -0.384. The van der Waals surface area contributed by atoms with Crippen molar-refractivity contribution in [3.05, 3.63) is 100 Å². The van der Waals surface area contributed by atoms with Crippen LogP contribution in [0.5, 0.6) is 5.75 Å². The molecular weight excluding hydrogens is 386 g/mol. The molecule has 0 aliphatic heterocycles. The maximum atomic E-state index is 11.9. The van der Waals surface area contributed by atoms with Crippen LogP contribution >= 0.6 is 0 Å². The normalized spacial score (nSPS) is 10.5. The molecule has 0 heterocycles. The Morgan fingerprint density at radius 3 is 2.53 bits per heavy atom. The first-order valence-electron chi connectivity index (χ1n) is 9.06. The molecule has 0 unspecified atom stereocenters. The van der Waals surface area contributed by atoms with Crippen molar-refractivity contribution in [2.45, 2.75) is 6.61 Å². The molecule has 0 saturated heterocycles. The number of hydrogen-bond donors (Lipinski definition) is 1. The molecule has 0 atom stereocenters. The van der Waals surface area contributed by atoms with Crippen LogP contribution in [0.25, 0.3) is 0 Å². The lowest BCUT2D eigenvalue weighted by Gasteiger charge is -2.08. The van der Waals surface area contributed by atoms with Crippen LogP contribution in [0, 0.1) is 10.1 Å². The van der Waals surface area contributed by atoms with Gasteiger partial charge >= 0.3 is 0 Å². The van der Waals surface area contributed by atoms with E-state index in [1.54, 1.807) is 36.4 Å². The van der Waals surface area contributed by atoms with Crippen LogP contribution in [0.4, 0.5) is 11.4 Å². The minimum Gasteiger partial charge on any atom is -0.489 e. The highest BCUT2D eigenvalue weighted by Crippen LogP contribution is 2.17. The van der Waals surface area contributed by atoms with Crippen LogP contribution in [0.2, 0.25) is 0 Å². The molecule has 1 amide bonds. The highest BCUT2D eigenvalue weighted by atomic mass is 16.6. The molecule has 0 aromatic heterocycles. The van der Waals surface area contributed by atoms with Crippen LogP contribution in [0.3, 0.4) is 0 Å². The van der Waals surface area contributed by atoms with Gasteiger partial charge in [-0.15, -0.1) is 0 Å². The van der Waals surface area contributed by atoms with E-state index in [-0.39, 0.29) is 18.2 Å². The topological polar surface area (TPSA) is 103 Å². The Morgan fingerprint density at radius 1 is 1.03 bits per heavy atom. The predicted octanol–water partition coefficient (Wildman–Crippen LogP) is 4.16. The number of anilines is 1. The molecular formula is C22H19N3O5. The highest BCUT2D eigenvalue weighted by Gasteiger charge is 2.05. The molecule has 30 heavy (non-hydrogen) atoms. The summed E-state index contributed by atoms with van der Waals surface area (Å²) in [6.45, 7) is 0.167. The molecule has 3 aromatic rings. The molecule has 0 aliphatic rings. The van der Waals surface area contributed by atoms with E-state index < -0.39 is 4.92 Å². The van der Waals surface area contributed by atoms with Crippen molar-refractivity contribution in [2.75, 3.05) is 11.9 Å². The smallest absolute Gasteiger partial charge is 0.270 e. The monoisotopic (exact) mass is 405 g/mol. The average molecular weight is 405 g/mol. The predicted molar refractivity (Wildman–Crippen MR) is 112 cm³/mol.